The van der Waals surface area contributed by atoms with E-state index in [1.807, 2.05) is 6.26 Å². The van der Waals surface area contributed by atoms with Gasteiger partial charge in [0.1, 0.15) is 0 Å². The van der Waals surface area contributed by atoms with Crippen LogP contribution in [-0.4, -0.2) is 15.4 Å². The van der Waals surface area contributed by atoms with Crippen molar-refractivity contribution in [3.05, 3.63) is 12.0 Å². The lowest BCUT2D eigenvalue weighted by molar-refractivity contribution is 0.244. The lowest BCUT2D eigenvalue weighted by atomic mass is 10.4. The molecule has 0 saturated heterocycles. The fourth-order valence-corrected chi connectivity index (χ4v) is 2.19. The Morgan fingerprint density at radius 3 is 2.33 bits per heavy atom. The van der Waals surface area contributed by atoms with E-state index in [4.69, 9.17) is 4.74 Å². The highest BCUT2D eigenvalue weighted by molar-refractivity contribution is 6.63. The summed E-state index contributed by atoms with van der Waals surface area (Å²) in [6, 6.07) is 2.63. The maximum atomic E-state index is 5.35. The molecule has 0 spiro atoms. The lowest BCUT2D eigenvalue weighted by Gasteiger charge is -2.03. The minimum atomic E-state index is -0.216. The molecule has 0 aliphatic carbocycles. The molecule has 71 valence electrons. The van der Waals surface area contributed by atoms with Gasteiger partial charge in [0.15, 0.2) is 0 Å². The first-order valence-electron chi connectivity index (χ1n) is 4.97. The van der Waals surface area contributed by atoms with E-state index in [0.29, 0.717) is 0 Å². The van der Waals surface area contributed by atoms with Crippen LogP contribution in [0.15, 0.2) is 12.0 Å². The molecule has 2 heteroatoms. The maximum absolute atomic E-state index is 5.35. The third-order valence-electron chi connectivity index (χ3n) is 1.92. The summed E-state index contributed by atoms with van der Waals surface area (Å²) >= 11 is 0. The summed E-state index contributed by atoms with van der Waals surface area (Å²) in [5, 5.41) is 0. The normalized spacial score (nSPS) is 11.3. The average Bonchev–Trinajstić information content (AvgIpc) is 2.11. The summed E-state index contributed by atoms with van der Waals surface area (Å²) in [7, 11) is -0.216. The van der Waals surface area contributed by atoms with Crippen molar-refractivity contribution in [3.63, 3.8) is 0 Å². The van der Waals surface area contributed by atoms with Crippen LogP contribution in [0.4, 0.5) is 0 Å². The van der Waals surface area contributed by atoms with Gasteiger partial charge in [0.2, 0.25) is 0 Å². The van der Waals surface area contributed by atoms with Crippen LogP contribution in [0.25, 0.3) is 0 Å². The molecule has 0 amide bonds. The average molecular weight is 185 g/mol. The van der Waals surface area contributed by atoms with Gasteiger partial charge >= 0.3 is 0 Å². The van der Waals surface area contributed by atoms with Crippen molar-refractivity contribution in [2.75, 3.05) is 6.61 Å². The largest absolute Gasteiger partial charge is 0.502 e. The molecule has 1 radical (unpaired) electrons. The molecule has 0 aliphatic rings. The van der Waals surface area contributed by atoms with Gasteiger partial charge in [-0.2, -0.15) is 0 Å². The minimum absolute atomic E-state index is 0.216. The Labute approximate surface area is 78.4 Å². The lowest BCUT2D eigenvalue weighted by Crippen LogP contribution is -2.04. The first-order valence-corrected chi connectivity index (χ1v) is 6.97. The SMILES string of the molecule is CCCCOC=C[Si](CC)CC. The Kier molecular flexibility index (Phi) is 8.67. The number of hydrogen-bond acceptors (Lipinski definition) is 1. The quantitative estimate of drug-likeness (QED) is 0.335. The minimum Gasteiger partial charge on any atom is -0.502 e. The van der Waals surface area contributed by atoms with Crippen LogP contribution in [0.5, 0.6) is 0 Å². The zero-order chi connectivity index (χ0) is 9.23. The van der Waals surface area contributed by atoms with E-state index < -0.39 is 0 Å². The highest BCUT2D eigenvalue weighted by Gasteiger charge is 1.98. The van der Waals surface area contributed by atoms with E-state index in [1.54, 1.807) is 0 Å². The topological polar surface area (TPSA) is 9.23 Å². The number of ether oxygens (including phenoxy) is 1. The van der Waals surface area contributed by atoms with Crippen molar-refractivity contribution >= 4 is 8.80 Å². The monoisotopic (exact) mass is 185 g/mol. The number of hydrogen-bond donors (Lipinski definition) is 0. The molecule has 0 N–H and O–H groups in total. The highest BCUT2D eigenvalue weighted by atomic mass is 28.3. The van der Waals surface area contributed by atoms with Gasteiger partial charge in [0.05, 0.1) is 21.7 Å². The first-order chi connectivity index (χ1) is 5.85. The first kappa shape index (κ1) is 11.8. The van der Waals surface area contributed by atoms with E-state index in [-0.39, 0.29) is 8.80 Å². The smallest absolute Gasteiger partial charge is 0.0872 e. The number of rotatable bonds is 7. The van der Waals surface area contributed by atoms with E-state index in [1.165, 1.54) is 24.9 Å². The highest BCUT2D eigenvalue weighted by Crippen LogP contribution is 1.99. The zero-order valence-electron chi connectivity index (χ0n) is 8.60. The second-order valence-corrected chi connectivity index (χ2v) is 5.96. The summed E-state index contributed by atoms with van der Waals surface area (Å²) in [5.74, 6) is 0. The molecule has 0 aromatic rings. The van der Waals surface area contributed by atoms with Crippen molar-refractivity contribution in [1.82, 2.24) is 0 Å². The molecule has 0 atom stereocenters. The van der Waals surface area contributed by atoms with E-state index >= 15 is 0 Å². The molecular formula is C10H21OSi. The fourth-order valence-electron chi connectivity index (χ4n) is 0.926. The van der Waals surface area contributed by atoms with Crippen molar-refractivity contribution in [2.45, 2.75) is 45.7 Å². The molecule has 0 aliphatic heterocycles. The van der Waals surface area contributed by atoms with Crippen LogP contribution in [0.1, 0.15) is 33.6 Å². The molecule has 1 nitrogen and oxygen atoms in total. The molecule has 0 aromatic carbocycles. The van der Waals surface area contributed by atoms with E-state index in [9.17, 15) is 0 Å². The summed E-state index contributed by atoms with van der Waals surface area (Å²) < 4.78 is 5.35. The molecular weight excluding hydrogens is 164 g/mol. The van der Waals surface area contributed by atoms with Gasteiger partial charge in [-0.25, -0.2) is 0 Å². The Bertz CT molecular complexity index is 108. The van der Waals surface area contributed by atoms with Gasteiger partial charge in [0, 0.05) is 0 Å². The van der Waals surface area contributed by atoms with Crippen molar-refractivity contribution in [3.8, 4) is 0 Å². The van der Waals surface area contributed by atoms with Gasteiger partial charge in [-0.05, 0) is 6.42 Å². The molecule has 0 bridgehead atoms. The molecule has 0 unspecified atom stereocenters. The van der Waals surface area contributed by atoms with Crippen LogP contribution < -0.4 is 0 Å². The summed E-state index contributed by atoms with van der Waals surface area (Å²) in [5.41, 5.74) is 2.28. The van der Waals surface area contributed by atoms with Gasteiger partial charge in [-0.1, -0.05) is 45.0 Å². The Hall–Kier alpha value is -0.243. The van der Waals surface area contributed by atoms with Crippen LogP contribution in [-0.2, 0) is 4.74 Å². The Morgan fingerprint density at radius 1 is 1.17 bits per heavy atom. The molecule has 0 aromatic heterocycles. The van der Waals surface area contributed by atoms with Crippen LogP contribution >= 0.6 is 0 Å². The fraction of sp³-hybridized carbons (Fsp3) is 0.800. The van der Waals surface area contributed by atoms with Gasteiger partial charge in [-0.15, -0.1) is 0 Å². The standard InChI is InChI=1S/C10H21OSi/c1-4-7-8-11-9-10-12(5-2)6-3/h9-10H,4-8H2,1-3H3. The van der Waals surface area contributed by atoms with Crippen LogP contribution in [0.3, 0.4) is 0 Å². The Balaban J connectivity index is 3.32. The third kappa shape index (κ3) is 6.47. The molecule has 0 rings (SSSR count). The van der Waals surface area contributed by atoms with Crippen LogP contribution in [0.2, 0.25) is 12.1 Å². The second kappa shape index (κ2) is 8.85. The molecule has 12 heavy (non-hydrogen) atoms. The van der Waals surface area contributed by atoms with Crippen LogP contribution in [0, 0.1) is 0 Å². The van der Waals surface area contributed by atoms with Gasteiger partial charge < -0.3 is 4.74 Å². The second-order valence-electron chi connectivity index (χ2n) is 2.89. The number of unbranched alkanes of at least 4 members (excludes halogenated alkanes) is 1. The molecule has 0 saturated carbocycles. The Morgan fingerprint density at radius 2 is 1.83 bits per heavy atom. The van der Waals surface area contributed by atoms with Gasteiger partial charge in [0.25, 0.3) is 0 Å². The zero-order valence-corrected chi connectivity index (χ0v) is 9.60. The van der Waals surface area contributed by atoms with E-state index in [2.05, 4.69) is 26.5 Å². The summed E-state index contributed by atoms with van der Waals surface area (Å²) in [4.78, 5) is 0. The van der Waals surface area contributed by atoms with E-state index in [0.717, 1.165) is 6.61 Å². The predicted molar refractivity (Wildman–Crippen MR) is 56.7 cm³/mol. The summed E-state index contributed by atoms with van der Waals surface area (Å²) in [6.45, 7) is 7.58. The third-order valence-corrected chi connectivity index (χ3v) is 4.35. The maximum Gasteiger partial charge on any atom is 0.0872 e. The summed E-state index contributed by atoms with van der Waals surface area (Å²) in [6.07, 6.45) is 4.30. The van der Waals surface area contributed by atoms with Gasteiger partial charge in [-0.3, -0.25) is 0 Å². The molecule has 0 heterocycles. The molecule has 0 fully saturated rings. The van der Waals surface area contributed by atoms with Crippen molar-refractivity contribution in [2.24, 2.45) is 0 Å². The predicted octanol–water partition coefficient (Wildman–Crippen LogP) is 3.39. The van der Waals surface area contributed by atoms with Crippen molar-refractivity contribution < 1.29 is 4.74 Å². The van der Waals surface area contributed by atoms with Crippen molar-refractivity contribution in [1.29, 1.82) is 0 Å².